The predicted octanol–water partition coefficient (Wildman–Crippen LogP) is 1.14. The van der Waals surface area contributed by atoms with Crippen molar-refractivity contribution in [3.63, 3.8) is 0 Å². The topological polar surface area (TPSA) is 103 Å². The van der Waals surface area contributed by atoms with Crippen molar-refractivity contribution >= 4 is 23.0 Å². The fraction of sp³-hybridized carbons (Fsp3) is 0.467. The first-order chi connectivity index (χ1) is 10.1. The maximum atomic E-state index is 10.7. The smallest absolute Gasteiger partial charge is 0.217 e. The van der Waals surface area contributed by atoms with Crippen LogP contribution in [0.5, 0.6) is 0 Å². The summed E-state index contributed by atoms with van der Waals surface area (Å²) in [7, 11) is 1.85. The molecule has 0 aliphatic carbocycles. The number of amides is 1. The van der Waals surface area contributed by atoms with Crippen molar-refractivity contribution < 1.29 is 4.79 Å². The first-order valence-corrected chi connectivity index (χ1v) is 7.25. The molecule has 114 valence electrons. The number of hydrogen-bond acceptors (Lipinski definition) is 5. The van der Waals surface area contributed by atoms with Crippen molar-refractivity contribution in [2.45, 2.75) is 25.3 Å². The van der Waals surface area contributed by atoms with E-state index in [-0.39, 0.29) is 5.91 Å². The fourth-order valence-corrected chi connectivity index (χ4v) is 2.30. The Kier molecular flexibility index (Phi) is 5.16. The van der Waals surface area contributed by atoms with Crippen LogP contribution in [0.1, 0.15) is 24.8 Å². The fourth-order valence-electron chi connectivity index (χ4n) is 2.30. The summed E-state index contributed by atoms with van der Waals surface area (Å²) < 4.78 is 0. The molecule has 0 atom stereocenters. The van der Waals surface area contributed by atoms with E-state index in [9.17, 15) is 4.79 Å². The SMILES string of the molecule is CNc1cc(NC2CNC2)ccc1C(=N)CCCC(N)=O. The zero-order chi connectivity index (χ0) is 15.2. The highest BCUT2D eigenvalue weighted by Crippen LogP contribution is 2.23. The van der Waals surface area contributed by atoms with Gasteiger partial charge in [-0.15, -0.1) is 0 Å². The lowest BCUT2D eigenvalue weighted by Crippen LogP contribution is -2.51. The molecule has 1 amide bonds. The normalized spacial score (nSPS) is 14.3. The minimum atomic E-state index is -0.315. The highest BCUT2D eigenvalue weighted by Gasteiger charge is 2.16. The molecule has 0 unspecified atom stereocenters. The molecule has 6 nitrogen and oxygen atoms in total. The summed E-state index contributed by atoms with van der Waals surface area (Å²) in [5.41, 5.74) is 8.51. The van der Waals surface area contributed by atoms with E-state index < -0.39 is 0 Å². The molecule has 6 N–H and O–H groups in total. The van der Waals surface area contributed by atoms with Crippen molar-refractivity contribution in [2.75, 3.05) is 30.8 Å². The molecular weight excluding hydrogens is 266 g/mol. The molecule has 1 aromatic carbocycles. The van der Waals surface area contributed by atoms with Crippen molar-refractivity contribution in [1.29, 1.82) is 5.41 Å². The zero-order valence-electron chi connectivity index (χ0n) is 12.3. The van der Waals surface area contributed by atoms with Gasteiger partial charge in [0.1, 0.15) is 0 Å². The maximum absolute atomic E-state index is 10.7. The number of rotatable bonds is 8. The van der Waals surface area contributed by atoms with Gasteiger partial charge in [0.15, 0.2) is 0 Å². The Labute approximate surface area is 125 Å². The molecule has 1 aliphatic heterocycles. The molecule has 6 heteroatoms. The number of hydrogen-bond donors (Lipinski definition) is 5. The van der Waals surface area contributed by atoms with E-state index in [4.69, 9.17) is 11.1 Å². The van der Waals surface area contributed by atoms with E-state index in [1.807, 2.05) is 25.2 Å². The predicted molar refractivity (Wildman–Crippen MR) is 86.1 cm³/mol. The van der Waals surface area contributed by atoms with Gasteiger partial charge in [-0.25, -0.2) is 0 Å². The molecule has 1 aliphatic rings. The number of nitrogens with two attached hydrogens (primary N) is 1. The van der Waals surface area contributed by atoms with Crippen LogP contribution < -0.4 is 21.7 Å². The second-order valence-electron chi connectivity index (χ2n) is 5.31. The maximum Gasteiger partial charge on any atom is 0.217 e. The Hall–Kier alpha value is -2.08. The lowest BCUT2D eigenvalue weighted by atomic mass is 10.0. The zero-order valence-corrected chi connectivity index (χ0v) is 12.3. The molecule has 0 saturated carbocycles. The first-order valence-electron chi connectivity index (χ1n) is 7.25. The van der Waals surface area contributed by atoms with E-state index in [2.05, 4.69) is 16.0 Å². The van der Waals surface area contributed by atoms with Crippen LogP contribution in [0.2, 0.25) is 0 Å². The van der Waals surface area contributed by atoms with Gasteiger partial charge in [0, 0.05) is 49.2 Å². The standard InChI is InChI=1S/C15H23N5O/c1-18-14-7-10(20-11-8-19-9-11)5-6-12(14)13(16)3-2-4-15(17)21/h5-7,11,16,18-20H,2-4,8-9H2,1H3,(H2,17,21). The summed E-state index contributed by atoms with van der Waals surface area (Å²) >= 11 is 0. The van der Waals surface area contributed by atoms with Crippen molar-refractivity contribution in [2.24, 2.45) is 5.73 Å². The second kappa shape index (κ2) is 7.08. The Morgan fingerprint density at radius 3 is 2.76 bits per heavy atom. The summed E-state index contributed by atoms with van der Waals surface area (Å²) in [5, 5.41) is 18.0. The summed E-state index contributed by atoms with van der Waals surface area (Å²) in [6.45, 7) is 1.97. The van der Waals surface area contributed by atoms with Gasteiger partial charge >= 0.3 is 0 Å². The van der Waals surface area contributed by atoms with Crippen LogP contribution in [0.3, 0.4) is 0 Å². The third-order valence-corrected chi connectivity index (χ3v) is 3.62. The summed E-state index contributed by atoms with van der Waals surface area (Å²) in [6.07, 6.45) is 1.49. The Morgan fingerprint density at radius 1 is 1.43 bits per heavy atom. The Bertz CT molecular complexity index is 525. The van der Waals surface area contributed by atoms with E-state index in [1.165, 1.54) is 0 Å². The minimum absolute atomic E-state index is 0.315. The first kappa shape index (κ1) is 15.3. The van der Waals surface area contributed by atoms with Gasteiger partial charge in [-0.05, 0) is 31.0 Å². The number of nitrogens with one attached hydrogen (secondary N) is 4. The van der Waals surface area contributed by atoms with Gasteiger partial charge in [-0.3, -0.25) is 4.79 Å². The van der Waals surface area contributed by atoms with E-state index in [0.29, 0.717) is 31.0 Å². The minimum Gasteiger partial charge on any atom is -0.388 e. The average Bonchev–Trinajstić information content (AvgIpc) is 2.42. The molecule has 1 heterocycles. The monoisotopic (exact) mass is 289 g/mol. The lowest BCUT2D eigenvalue weighted by Gasteiger charge is -2.29. The summed E-state index contributed by atoms with van der Waals surface area (Å²) in [6, 6.07) is 6.45. The van der Waals surface area contributed by atoms with Crippen LogP contribution in [0.4, 0.5) is 11.4 Å². The second-order valence-corrected chi connectivity index (χ2v) is 5.31. The number of anilines is 2. The van der Waals surface area contributed by atoms with Crippen LogP contribution in [-0.4, -0.2) is 37.8 Å². The number of primary amides is 1. The molecule has 0 spiro atoms. The molecule has 2 rings (SSSR count). The van der Waals surface area contributed by atoms with Gasteiger partial charge in [0.25, 0.3) is 0 Å². The molecule has 1 aromatic rings. The highest BCUT2D eigenvalue weighted by atomic mass is 16.1. The lowest BCUT2D eigenvalue weighted by molar-refractivity contribution is -0.118. The molecule has 0 aromatic heterocycles. The van der Waals surface area contributed by atoms with Crippen LogP contribution in [-0.2, 0) is 4.79 Å². The summed E-state index contributed by atoms with van der Waals surface area (Å²) in [4.78, 5) is 10.7. The Morgan fingerprint density at radius 2 is 2.19 bits per heavy atom. The van der Waals surface area contributed by atoms with Crippen LogP contribution in [0, 0.1) is 5.41 Å². The third kappa shape index (κ3) is 4.19. The highest BCUT2D eigenvalue weighted by molar-refractivity contribution is 6.03. The molecule has 1 fully saturated rings. The van der Waals surface area contributed by atoms with E-state index in [1.54, 1.807) is 0 Å². The molecule has 21 heavy (non-hydrogen) atoms. The third-order valence-electron chi connectivity index (χ3n) is 3.62. The van der Waals surface area contributed by atoms with Crippen molar-refractivity contribution in [1.82, 2.24) is 5.32 Å². The van der Waals surface area contributed by atoms with Crippen molar-refractivity contribution in [3.8, 4) is 0 Å². The van der Waals surface area contributed by atoms with Crippen molar-refractivity contribution in [3.05, 3.63) is 23.8 Å². The van der Waals surface area contributed by atoms with E-state index in [0.717, 1.165) is 30.0 Å². The quantitative estimate of drug-likeness (QED) is 0.463. The van der Waals surface area contributed by atoms with E-state index >= 15 is 0 Å². The van der Waals surface area contributed by atoms with Crippen LogP contribution >= 0.6 is 0 Å². The largest absolute Gasteiger partial charge is 0.388 e. The Balaban J connectivity index is 2.00. The molecule has 1 saturated heterocycles. The molecular formula is C15H23N5O. The number of carbonyl (C=O) groups excluding carboxylic acids is 1. The van der Waals surface area contributed by atoms with Gasteiger partial charge in [0.2, 0.25) is 5.91 Å². The van der Waals surface area contributed by atoms with Gasteiger partial charge in [-0.1, -0.05) is 0 Å². The van der Waals surface area contributed by atoms with Gasteiger partial charge in [0.05, 0.1) is 6.04 Å². The molecule has 0 bridgehead atoms. The van der Waals surface area contributed by atoms with Gasteiger partial charge in [-0.2, -0.15) is 0 Å². The van der Waals surface area contributed by atoms with Gasteiger partial charge < -0.3 is 27.1 Å². The molecule has 0 radical (unpaired) electrons. The number of benzene rings is 1. The number of carbonyl (C=O) groups is 1. The van der Waals surface area contributed by atoms with Crippen LogP contribution in [0.25, 0.3) is 0 Å². The summed E-state index contributed by atoms with van der Waals surface area (Å²) in [5.74, 6) is -0.315. The van der Waals surface area contributed by atoms with Crippen LogP contribution in [0.15, 0.2) is 18.2 Å². The average molecular weight is 289 g/mol.